The lowest BCUT2D eigenvalue weighted by molar-refractivity contribution is -0.121. The van der Waals surface area contributed by atoms with Crippen LogP contribution >= 0.6 is 24.0 Å². The Balaban J connectivity index is 1.82. The molecule has 10 heteroatoms. The Bertz CT molecular complexity index is 1070. The van der Waals surface area contributed by atoms with Gasteiger partial charge in [0.1, 0.15) is 9.57 Å². The van der Waals surface area contributed by atoms with Crippen molar-refractivity contribution >= 4 is 63.4 Å². The number of thiocarbonyl (C=S) groups is 1. The zero-order chi connectivity index (χ0) is 23.4. The Morgan fingerprint density at radius 2 is 1.59 bits per heavy atom. The van der Waals surface area contributed by atoms with Crippen molar-refractivity contribution in [3.05, 3.63) is 59.2 Å². The highest BCUT2D eigenvalue weighted by Crippen LogP contribution is 2.32. The fraction of sp³-hybridized carbons (Fsp3) is 0.227. The van der Waals surface area contributed by atoms with Crippen LogP contribution in [0.5, 0.6) is 0 Å². The summed E-state index contributed by atoms with van der Waals surface area (Å²) >= 11 is 6.41. The third-order valence-electron chi connectivity index (χ3n) is 4.67. The van der Waals surface area contributed by atoms with Crippen molar-refractivity contribution in [2.24, 2.45) is 0 Å². The van der Waals surface area contributed by atoms with Gasteiger partial charge in [0, 0.05) is 12.1 Å². The summed E-state index contributed by atoms with van der Waals surface area (Å²) in [4.78, 5) is 50.7. The van der Waals surface area contributed by atoms with Gasteiger partial charge in [-0.15, -0.1) is 0 Å². The maximum absolute atomic E-state index is 13.0. The second kappa shape index (κ2) is 9.92. The quantitative estimate of drug-likeness (QED) is 0.399. The van der Waals surface area contributed by atoms with Gasteiger partial charge in [-0.3, -0.25) is 9.59 Å². The first-order chi connectivity index (χ1) is 15.2. The summed E-state index contributed by atoms with van der Waals surface area (Å²) < 4.78 is 9.76. The topological polar surface area (TPSA) is 102 Å². The largest absolute Gasteiger partial charge is 0.465 e. The van der Waals surface area contributed by atoms with E-state index in [-0.39, 0.29) is 23.2 Å². The number of hydrogen-bond acceptors (Lipinski definition) is 8. The van der Waals surface area contributed by atoms with Gasteiger partial charge in [-0.1, -0.05) is 41.7 Å². The molecule has 2 aromatic rings. The zero-order valence-corrected chi connectivity index (χ0v) is 19.2. The molecule has 1 saturated heterocycles. The summed E-state index contributed by atoms with van der Waals surface area (Å²) in [5.41, 5.74) is 1.98. The van der Waals surface area contributed by atoms with E-state index < -0.39 is 29.0 Å². The number of methoxy groups -OCH3 is 2. The molecule has 166 valence electrons. The Kier molecular flexibility index (Phi) is 7.26. The molecule has 0 bridgehead atoms. The Morgan fingerprint density at radius 3 is 2.12 bits per heavy atom. The first kappa shape index (κ1) is 23.4. The third kappa shape index (κ3) is 5.14. The highest BCUT2D eigenvalue weighted by Gasteiger charge is 2.41. The summed E-state index contributed by atoms with van der Waals surface area (Å²) in [7, 11) is 2.38. The standard InChI is InChI=1S/C22H20N2O6S2/c1-12-4-6-15(7-5-12)23-22(31)32-17-11-18(25)24(19(17)26)16-9-13(20(27)29-2)8-14(10-16)21(28)30-3/h4-10,17H,11H2,1-3H3,(H,23,31). The van der Waals surface area contributed by atoms with Crippen LogP contribution in [0.1, 0.15) is 32.7 Å². The van der Waals surface area contributed by atoms with Crippen molar-refractivity contribution in [2.45, 2.75) is 18.6 Å². The first-order valence-electron chi connectivity index (χ1n) is 9.46. The van der Waals surface area contributed by atoms with E-state index >= 15 is 0 Å². The van der Waals surface area contributed by atoms with Gasteiger partial charge in [-0.05, 0) is 37.3 Å². The predicted molar refractivity (Wildman–Crippen MR) is 125 cm³/mol. The fourth-order valence-corrected chi connectivity index (χ4v) is 4.43. The number of imide groups is 1. The molecule has 1 N–H and O–H groups in total. The average molecular weight is 473 g/mol. The maximum Gasteiger partial charge on any atom is 0.337 e. The van der Waals surface area contributed by atoms with Crippen LogP contribution in [-0.4, -0.2) is 47.5 Å². The number of carbonyl (C=O) groups is 4. The number of benzene rings is 2. The molecular formula is C22H20N2O6S2. The van der Waals surface area contributed by atoms with E-state index in [9.17, 15) is 19.2 Å². The van der Waals surface area contributed by atoms with Crippen LogP contribution in [0.15, 0.2) is 42.5 Å². The number of thioether (sulfide) groups is 1. The molecule has 0 radical (unpaired) electrons. The molecule has 2 aromatic carbocycles. The van der Waals surface area contributed by atoms with Crippen LogP contribution in [-0.2, 0) is 19.1 Å². The lowest BCUT2D eigenvalue weighted by Crippen LogP contribution is -2.32. The maximum atomic E-state index is 13.0. The van der Waals surface area contributed by atoms with E-state index in [1.54, 1.807) is 0 Å². The van der Waals surface area contributed by atoms with Crippen LogP contribution in [0.4, 0.5) is 11.4 Å². The van der Waals surface area contributed by atoms with Crippen LogP contribution in [0.25, 0.3) is 0 Å². The highest BCUT2D eigenvalue weighted by molar-refractivity contribution is 8.24. The summed E-state index contributed by atoms with van der Waals surface area (Å²) in [5.74, 6) is -2.40. The van der Waals surface area contributed by atoms with E-state index in [1.165, 1.54) is 32.4 Å². The van der Waals surface area contributed by atoms with Crippen molar-refractivity contribution in [1.82, 2.24) is 0 Å². The second-order valence-electron chi connectivity index (χ2n) is 6.91. The molecule has 0 saturated carbocycles. The van der Waals surface area contributed by atoms with E-state index in [0.717, 1.165) is 27.9 Å². The van der Waals surface area contributed by atoms with Crippen LogP contribution in [0, 0.1) is 6.92 Å². The predicted octanol–water partition coefficient (Wildman–Crippen LogP) is 3.33. The Hall–Kier alpha value is -3.24. The van der Waals surface area contributed by atoms with E-state index in [0.29, 0.717) is 4.32 Å². The molecular weight excluding hydrogens is 452 g/mol. The molecule has 0 aliphatic carbocycles. The number of rotatable bonds is 5. The molecule has 3 rings (SSSR count). The van der Waals surface area contributed by atoms with Gasteiger partial charge in [-0.25, -0.2) is 14.5 Å². The number of carbonyl (C=O) groups excluding carboxylic acids is 4. The van der Waals surface area contributed by atoms with Crippen LogP contribution < -0.4 is 10.2 Å². The number of esters is 2. The number of amides is 2. The van der Waals surface area contributed by atoms with Crippen LogP contribution in [0.3, 0.4) is 0 Å². The molecule has 1 unspecified atom stereocenters. The number of ether oxygens (including phenoxy) is 2. The minimum atomic E-state index is -0.740. The first-order valence-corrected chi connectivity index (χ1v) is 10.7. The Morgan fingerprint density at radius 1 is 1.03 bits per heavy atom. The lowest BCUT2D eigenvalue weighted by Gasteiger charge is -2.17. The number of anilines is 2. The van der Waals surface area contributed by atoms with Gasteiger partial charge in [0.25, 0.3) is 0 Å². The highest BCUT2D eigenvalue weighted by atomic mass is 32.2. The van der Waals surface area contributed by atoms with E-state index in [1.807, 2.05) is 31.2 Å². The number of hydrogen-bond donors (Lipinski definition) is 1. The molecule has 0 spiro atoms. The number of nitrogens with zero attached hydrogens (tertiary/aromatic N) is 1. The lowest BCUT2D eigenvalue weighted by atomic mass is 10.1. The van der Waals surface area contributed by atoms with Crippen molar-refractivity contribution in [2.75, 3.05) is 24.4 Å². The molecule has 2 amide bonds. The van der Waals surface area contributed by atoms with Gasteiger partial charge >= 0.3 is 11.9 Å². The van der Waals surface area contributed by atoms with Gasteiger partial charge in [0.05, 0.1) is 31.0 Å². The van der Waals surface area contributed by atoms with Gasteiger partial charge in [0.15, 0.2) is 0 Å². The Labute approximate surface area is 194 Å². The summed E-state index contributed by atoms with van der Waals surface area (Å²) in [6.07, 6.45) is -0.0742. The molecule has 1 aliphatic heterocycles. The fourth-order valence-electron chi connectivity index (χ4n) is 3.09. The molecule has 32 heavy (non-hydrogen) atoms. The minimum absolute atomic E-state index is 0.0126. The normalized spacial score (nSPS) is 15.5. The molecule has 1 aliphatic rings. The number of nitrogens with one attached hydrogen (secondary N) is 1. The molecule has 1 heterocycles. The summed E-state index contributed by atoms with van der Waals surface area (Å²) in [5, 5.41) is 2.30. The van der Waals surface area contributed by atoms with Crippen molar-refractivity contribution in [3.63, 3.8) is 0 Å². The number of aryl methyl sites for hydroxylation is 1. The van der Waals surface area contributed by atoms with Crippen molar-refractivity contribution in [1.29, 1.82) is 0 Å². The molecule has 1 fully saturated rings. The summed E-state index contributed by atoms with van der Waals surface area (Å²) in [6, 6.07) is 11.5. The van der Waals surface area contributed by atoms with E-state index in [2.05, 4.69) is 5.32 Å². The van der Waals surface area contributed by atoms with E-state index in [4.69, 9.17) is 21.7 Å². The SMILES string of the molecule is COC(=O)c1cc(C(=O)OC)cc(N2C(=O)CC(SC(=S)Nc3ccc(C)cc3)C2=O)c1. The van der Waals surface area contributed by atoms with Crippen molar-refractivity contribution in [3.8, 4) is 0 Å². The second-order valence-corrected chi connectivity index (χ2v) is 8.79. The van der Waals surface area contributed by atoms with Gasteiger partial charge in [-0.2, -0.15) is 0 Å². The minimum Gasteiger partial charge on any atom is -0.465 e. The summed E-state index contributed by atoms with van der Waals surface area (Å²) in [6.45, 7) is 1.97. The molecule has 1 atom stereocenters. The monoisotopic (exact) mass is 472 g/mol. The molecule has 8 nitrogen and oxygen atoms in total. The molecule has 0 aromatic heterocycles. The zero-order valence-electron chi connectivity index (χ0n) is 17.5. The third-order valence-corrected chi connectivity index (χ3v) is 6.03. The van der Waals surface area contributed by atoms with Crippen molar-refractivity contribution < 1.29 is 28.7 Å². The average Bonchev–Trinajstić information content (AvgIpc) is 3.06. The van der Waals surface area contributed by atoms with Gasteiger partial charge < -0.3 is 14.8 Å². The van der Waals surface area contributed by atoms with Gasteiger partial charge in [0.2, 0.25) is 11.8 Å². The smallest absolute Gasteiger partial charge is 0.337 e. The van der Waals surface area contributed by atoms with Crippen LogP contribution in [0.2, 0.25) is 0 Å².